The number of pyridine rings is 1. The molecule has 2 heteroatoms. The van der Waals surface area contributed by atoms with E-state index in [9.17, 15) is 4.79 Å². The van der Waals surface area contributed by atoms with E-state index in [2.05, 4.69) is 25.8 Å². The molecular weight excluding hydrogens is 186 g/mol. The van der Waals surface area contributed by atoms with Gasteiger partial charge in [0.1, 0.15) is 6.29 Å². The summed E-state index contributed by atoms with van der Waals surface area (Å²) < 4.78 is 0. The van der Waals surface area contributed by atoms with Gasteiger partial charge in [-0.25, -0.2) is 0 Å². The van der Waals surface area contributed by atoms with Crippen molar-refractivity contribution < 1.29 is 4.79 Å². The number of nitrogens with zero attached hydrogens (tertiary/aromatic N) is 1. The molecule has 2 rings (SSSR count). The lowest BCUT2D eigenvalue weighted by atomic mass is 9.99. The maximum absolute atomic E-state index is 10.9. The number of carbonyl (C=O) groups is 1. The molecule has 1 aromatic rings. The Labute approximate surface area is 90.7 Å². The SMILES string of the molecule is Cc1nc2c(c(C)c1C)CC(C=O)C2C. The number of aryl methyl sites for hydroxylation is 1. The Kier molecular flexibility index (Phi) is 2.37. The van der Waals surface area contributed by atoms with Gasteiger partial charge < -0.3 is 4.79 Å². The van der Waals surface area contributed by atoms with E-state index < -0.39 is 0 Å². The maximum Gasteiger partial charge on any atom is 0.124 e. The first-order valence-electron chi connectivity index (χ1n) is 5.48. The van der Waals surface area contributed by atoms with Crippen LogP contribution in [0.4, 0.5) is 0 Å². The minimum Gasteiger partial charge on any atom is -0.303 e. The zero-order valence-electron chi connectivity index (χ0n) is 9.79. The molecule has 0 aromatic carbocycles. The molecule has 1 heterocycles. The number of fused-ring (bicyclic) bond motifs is 1. The Morgan fingerprint density at radius 2 is 1.93 bits per heavy atom. The summed E-state index contributed by atoms with van der Waals surface area (Å²) in [5.74, 6) is 0.419. The van der Waals surface area contributed by atoms with Crippen LogP contribution in [-0.2, 0) is 11.2 Å². The normalized spacial score (nSPS) is 24.0. The predicted octanol–water partition coefficient (Wildman–Crippen LogP) is 2.48. The van der Waals surface area contributed by atoms with Crippen molar-refractivity contribution >= 4 is 6.29 Å². The number of aldehydes is 1. The van der Waals surface area contributed by atoms with Gasteiger partial charge in [-0.3, -0.25) is 4.98 Å². The van der Waals surface area contributed by atoms with Gasteiger partial charge in [0.2, 0.25) is 0 Å². The van der Waals surface area contributed by atoms with Gasteiger partial charge in [0.05, 0.1) is 0 Å². The minimum atomic E-state index is 0.132. The highest BCUT2D eigenvalue weighted by atomic mass is 16.1. The molecule has 0 aliphatic heterocycles. The molecule has 0 saturated carbocycles. The number of aromatic nitrogens is 1. The van der Waals surface area contributed by atoms with E-state index in [-0.39, 0.29) is 11.8 Å². The fraction of sp³-hybridized carbons (Fsp3) is 0.538. The zero-order valence-corrected chi connectivity index (χ0v) is 9.79. The average Bonchev–Trinajstić information content (AvgIpc) is 2.53. The predicted molar refractivity (Wildman–Crippen MR) is 60.1 cm³/mol. The summed E-state index contributed by atoms with van der Waals surface area (Å²) in [6.07, 6.45) is 1.95. The van der Waals surface area contributed by atoms with Crippen molar-refractivity contribution in [2.24, 2.45) is 5.92 Å². The van der Waals surface area contributed by atoms with Gasteiger partial charge in [-0.05, 0) is 43.9 Å². The largest absolute Gasteiger partial charge is 0.303 e. The molecule has 1 aliphatic rings. The van der Waals surface area contributed by atoms with Gasteiger partial charge in [-0.2, -0.15) is 0 Å². The summed E-state index contributed by atoms with van der Waals surface area (Å²) in [5, 5.41) is 0. The first-order chi connectivity index (χ1) is 7.06. The van der Waals surface area contributed by atoms with Crippen molar-refractivity contribution in [2.45, 2.75) is 40.0 Å². The highest BCUT2D eigenvalue weighted by molar-refractivity contribution is 5.60. The van der Waals surface area contributed by atoms with Crippen LogP contribution in [0.3, 0.4) is 0 Å². The molecule has 1 aromatic heterocycles. The summed E-state index contributed by atoms with van der Waals surface area (Å²) in [6, 6.07) is 0. The number of carbonyl (C=O) groups excluding carboxylic acids is 1. The van der Waals surface area contributed by atoms with Crippen molar-refractivity contribution in [2.75, 3.05) is 0 Å². The average molecular weight is 203 g/mol. The molecule has 0 amide bonds. The van der Waals surface area contributed by atoms with Crippen LogP contribution < -0.4 is 0 Å². The smallest absolute Gasteiger partial charge is 0.124 e. The highest BCUT2D eigenvalue weighted by Gasteiger charge is 2.32. The Morgan fingerprint density at radius 1 is 1.27 bits per heavy atom. The van der Waals surface area contributed by atoms with Crippen LogP contribution in [0, 0.1) is 26.7 Å². The topological polar surface area (TPSA) is 30.0 Å². The minimum absolute atomic E-state index is 0.132. The molecule has 80 valence electrons. The quantitative estimate of drug-likeness (QED) is 0.656. The van der Waals surface area contributed by atoms with Crippen molar-refractivity contribution in [1.82, 2.24) is 4.98 Å². The number of hydrogen-bond acceptors (Lipinski definition) is 2. The van der Waals surface area contributed by atoms with Crippen LogP contribution in [0.2, 0.25) is 0 Å². The third-order valence-electron chi connectivity index (χ3n) is 3.84. The van der Waals surface area contributed by atoms with Crippen LogP contribution in [0.5, 0.6) is 0 Å². The molecular formula is C13H17NO. The van der Waals surface area contributed by atoms with Gasteiger partial charge in [0.25, 0.3) is 0 Å². The summed E-state index contributed by atoms with van der Waals surface area (Å²) >= 11 is 0. The lowest BCUT2D eigenvalue weighted by Gasteiger charge is -2.11. The van der Waals surface area contributed by atoms with E-state index in [1.165, 1.54) is 16.7 Å². The molecule has 1 aliphatic carbocycles. The molecule has 0 spiro atoms. The number of rotatable bonds is 1. The lowest BCUT2D eigenvalue weighted by Crippen LogP contribution is -2.06. The second kappa shape index (κ2) is 3.44. The van der Waals surface area contributed by atoms with E-state index in [0.29, 0.717) is 0 Å². The molecule has 0 fully saturated rings. The van der Waals surface area contributed by atoms with Crippen LogP contribution in [-0.4, -0.2) is 11.3 Å². The Bertz CT molecular complexity index is 423. The first-order valence-corrected chi connectivity index (χ1v) is 5.48. The lowest BCUT2D eigenvalue weighted by molar-refractivity contribution is -0.111. The second-order valence-electron chi connectivity index (χ2n) is 4.60. The Balaban J connectivity index is 2.60. The summed E-state index contributed by atoms with van der Waals surface area (Å²) in [5.41, 5.74) is 6.15. The zero-order chi connectivity index (χ0) is 11.2. The molecule has 2 atom stereocenters. The third kappa shape index (κ3) is 1.39. The van der Waals surface area contributed by atoms with E-state index in [4.69, 9.17) is 0 Å². The first kappa shape index (κ1) is 10.3. The molecule has 0 radical (unpaired) electrons. The van der Waals surface area contributed by atoms with E-state index >= 15 is 0 Å². The van der Waals surface area contributed by atoms with Gasteiger partial charge in [-0.15, -0.1) is 0 Å². The van der Waals surface area contributed by atoms with Crippen molar-refractivity contribution in [3.8, 4) is 0 Å². The third-order valence-corrected chi connectivity index (χ3v) is 3.84. The van der Waals surface area contributed by atoms with Crippen molar-refractivity contribution in [3.63, 3.8) is 0 Å². The summed E-state index contributed by atoms with van der Waals surface area (Å²) in [7, 11) is 0. The van der Waals surface area contributed by atoms with E-state index in [1.54, 1.807) is 0 Å². The summed E-state index contributed by atoms with van der Waals surface area (Å²) in [6.45, 7) is 8.40. The van der Waals surface area contributed by atoms with Crippen LogP contribution in [0.15, 0.2) is 0 Å². The fourth-order valence-electron chi connectivity index (χ4n) is 2.44. The molecule has 2 nitrogen and oxygen atoms in total. The summed E-state index contributed by atoms with van der Waals surface area (Å²) in [4.78, 5) is 15.6. The van der Waals surface area contributed by atoms with E-state index in [1.807, 2.05) is 6.92 Å². The maximum atomic E-state index is 10.9. The second-order valence-corrected chi connectivity index (χ2v) is 4.60. The monoisotopic (exact) mass is 203 g/mol. The molecule has 0 bridgehead atoms. The van der Waals surface area contributed by atoms with E-state index in [0.717, 1.165) is 24.1 Å². The molecule has 0 N–H and O–H groups in total. The Morgan fingerprint density at radius 3 is 2.53 bits per heavy atom. The molecule has 15 heavy (non-hydrogen) atoms. The molecule has 0 saturated heterocycles. The van der Waals surface area contributed by atoms with Gasteiger partial charge >= 0.3 is 0 Å². The highest BCUT2D eigenvalue weighted by Crippen LogP contribution is 2.38. The van der Waals surface area contributed by atoms with Gasteiger partial charge in [0, 0.05) is 23.2 Å². The van der Waals surface area contributed by atoms with Crippen LogP contribution in [0.1, 0.15) is 40.9 Å². The van der Waals surface area contributed by atoms with Gasteiger partial charge in [-0.1, -0.05) is 6.92 Å². The van der Waals surface area contributed by atoms with Gasteiger partial charge in [0.15, 0.2) is 0 Å². The molecule has 2 unspecified atom stereocenters. The van der Waals surface area contributed by atoms with Crippen molar-refractivity contribution in [3.05, 3.63) is 28.1 Å². The fourth-order valence-corrected chi connectivity index (χ4v) is 2.44. The van der Waals surface area contributed by atoms with Crippen molar-refractivity contribution in [1.29, 1.82) is 0 Å². The van der Waals surface area contributed by atoms with Crippen LogP contribution in [0.25, 0.3) is 0 Å². The number of hydrogen-bond donors (Lipinski definition) is 0. The van der Waals surface area contributed by atoms with Crippen LogP contribution >= 0.6 is 0 Å². The standard InChI is InChI=1S/C13H17NO/c1-7-8(2)12-5-11(6-15)9(3)13(12)14-10(7)4/h6,9,11H,5H2,1-4H3. The Hall–Kier alpha value is -1.18.